The molecule has 0 spiro atoms. The molecule has 1 aliphatic rings. The predicted molar refractivity (Wildman–Crippen MR) is 68.9 cm³/mol. The molecule has 1 saturated heterocycles. The zero-order chi connectivity index (χ0) is 12.3. The molecule has 0 aliphatic carbocycles. The second kappa shape index (κ2) is 5.19. The molecule has 1 aliphatic heterocycles. The molecule has 4 heteroatoms. The molecule has 92 valence electrons. The highest BCUT2D eigenvalue weighted by Gasteiger charge is 2.20. The molecular formula is C13H19N3O. The van der Waals surface area contributed by atoms with Gasteiger partial charge in [0.05, 0.1) is 0 Å². The number of hydrogen-bond donors (Lipinski definition) is 1. The van der Waals surface area contributed by atoms with Gasteiger partial charge in [-0.3, -0.25) is 4.79 Å². The van der Waals surface area contributed by atoms with Crippen molar-refractivity contribution >= 4 is 11.6 Å². The Balaban J connectivity index is 1.99. The lowest BCUT2D eigenvalue weighted by Crippen LogP contribution is -2.48. The first kappa shape index (κ1) is 11.9. The minimum atomic E-state index is 0.112. The molecule has 1 amide bonds. The smallest absolute Gasteiger partial charge is 0.253 e. The summed E-state index contributed by atoms with van der Waals surface area (Å²) in [5, 5.41) is 0. The maximum absolute atomic E-state index is 12.2. The van der Waals surface area contributed by atoms with Crippen LogP contribution in [0.15, 0.2) is 24.3 Å². The van der Waals surface area contributed by atoms with Crippen molar-refractivity contribution in [3.8, 4) is 0 Å². The van der Waals surface area contributed by atoms with E-state index in [2.05, 4.69) is 11.8 Å². The second-order valence-electron chi connectivity index (χ2n) is 4.35. The molecule has 0 atom stereocenters. The summed E-state index contributed by atoms with van der Waals surface area (Å²) in [5.41, 5.74) is 7.03. The lowest BCUT2D eigenvalue weighted by Gasteiger charge is -2.34. The van der Waals surface area contributed by atoms with Crippen molar-refractivity contribution in [1.82, 2.24) is 9.80 Å². The lowest BCUT2D eigenvalue weighted by atomic mass is 10.1. The quantitative estimate of drug-likeness (QED) is 0.777. The average molecular weight is 233 g/mol. The minimum Gasteiger partial charge on any atom is -0.399 e. The van der Waals surface area contributed by atoms with E-state index in [4.69, 9.17) is 5.73 Å². The molecule has 4 nitrogen and oxygen atoms in total. The van der Waals surface area contributed by atoms with Gasteiger partial charge in [0.2, 0.25) is 0 Å². The topological polar surface area (TPSA) is 49.6 Å². The molecule has 0 aromatic heterocycles. The summed E-state index contributed by atoms with van der Waals surface area (Å²) in [7, 11) is 0. The maximum Gasteiger partial charge on any atom is 0.253 e. The molecule has 1 aromatic carbocycles. The van der Waals surface area contributed by atoms with Crippen molar-refractivity contribution in [2.24, 2.45) is 0 Å². The summed E-state index contributed by atoms with van der Waals surface area (Å²) < 4.78 is 0. The third-order valence-electron chi connectivity index (χ3n) is 3.26. The van der Waals surface area contributed by atoms with Crippen LogP contribution in [0.25, 0.3) is 0 Å². The summed E-state index contributed by atoms with van der Waals surface area (Å²) >= 11 is 0. The van der Waals surface area contributed by atoms with Crippen LogP contribution in [-0.4, -0.2) is 48.4 Å². The summed E-state index contributed by atoms with van der Waals surface area (Å²) in [5.74, 6) is 0.112. The van der Waals surface area contributed by atoms with E-state index < -0.39 is 0 Å². The van der Waals surface area contributed by atoms with Crippen molar-refractivity contribution in [2.75, 3.05) is 38.5 Å². The summed E-state index contributed by atoms with van der Waals surface area (Å²) in [6.07, 6.45) is 0. The normalized spacial score (nSPS) is 17.1. The molecule has 1 aromatic rings. The van der Waals surface area contributed by atoms with E-state index >= 15 is 0 Å². The fourth-order valence-corrected chi connectivity index (χ4v) is 2.08. The van der Waals surface area contributed by atoms with Crippen LogP contribution in [0.3, 0.4) is 0 Å². The fraction of sp³-hybridized carbons (Fsp3) is 0.462. The number of likely N-dealkylation sites (N-methyl/N-ethyl adjacent to an activating group) is 1. The van der Waals surface area contributed by atoms with Gasteiger partial charge in [-0.25, -0.2) is 0 Å². The lowest BCUT2D eigenvalue weighted by molar-refractivity contribution is 0.0643. The number of amides is 1. The molecule has 1 fully saturated rings. The van der Waals surface area contributed by atoms with Crippen LogP contribution in [-0.2, 0) is 0 Å². The monoisotopic (exact) mass is 233 g/mol. The zero-order valence-electron chi connectivity index (χ0n) is 10.2. The van der Waals surface area contributed by atoms with Gasteiger partial charge in [0, 0.05) is 37.4 Å². The Morgan fingerprint density at radius 1 is 1.18 bits per heavy atom. The van der Waals surface area contributed by atoms with Crippen LogP contribution < -0.4 is 5.73 Å². The number of benzene rings is 1. The molecular weight excluding hydrogens is 214 g/mol. The first-order valence-electron chi connectivity index (χ1n) is 6.08. The third kappa shape index (κ3) is 2.77. The van der Waals surface area contributed by atoms with Gasteiger partial charge in [0.25, 0.3) is 5.91 Å². The number of nitrogen functional groups attached to an aromatic ring is 1. The molecule has 2 rings (SSSR count). The van der Waals surface area contributed by atoms with Crippen LogP contribution >= 0.6 is 0 Å². The van der Waals surface area contributed by atoms with Gasteiger partial charge in [-0.2, -0.15) is 0 Å². The third-order valence-corrected chi connectivity index (χ3v) is 3.26. The van der Waals surface area contributed by atoms with Crippen LogP contribution in [0, 0.1) is 0 Å². The Morgan fingerprint density at radius 2 is 1.76 bits per heavy atom. The number of nitrogens with two attached hydrogens (primary N) is 1. The molecule has 0 saturated carbocycles. The van der Waals surface area contributed by atoms with E-state index in [9.17, 15) is 4.79 Å². The van der Waals surface area contributed by atoms with Gasteiger partial charge in [-0.1, -0.05) is 6.92 Å². The van der Waals surface area contributed by atoms with Crippen LogP contribution in [0.5, 0.6) is 0 Å². The molecule has 17 heavy (non-hydrogen) atoms. The van der Waals surface area contributed by atoms with Gasteiger partial charge in [0.1, 0.15) is 0 Å². The van der Waals surface area contributed by atoms with E-state index in [-0.39, 0.29) is 5.91 Å². The molecule has 0 radical (unpaired) electrons. The van der Waals surface area contributed by atoms with Crippen molar-refractivity contribution in [3.63, 3.8) is 0 Å². The SMILES string of the molecule is CCN1CCN(C(=O)c2ccc(N)cc2)CC1. The zero-order valence-corrected chi connectivity index (χ0v) is 10.2. The largest absolute Gasteiger partial charge is 0.399 e. The van der Waals surface area contributed by atoms with Crippen LogP contribution in [0.1, 0.15) is 17.3 Å². The van der Waals surface area contributed by atoms with Crippen molar-refractivity contribution < 1.29 is 4.79 Å². The highest BCUT2D eigenvalue weighted by molar-refractivity contribution is 5.94. The molecule has 0 bridgehead atoms. The molecule has 0 unspecified atom stereocenters. The Labute approximate surface area is 102 Å². The van der Waals surface area contributed by atoms with Gasteiger partial charge in [0.15, 0.2) is 0 Å². The van der Waals surface area contributed by atoms with E-state index in [1.54, 1.807) is 24.3 Å². The number of rotatable bonds is 2. The average Bonchev–Trinajstić information content (AvgIpc) is 2.39. The van der Waals surface area contributed by atoms with Crippen molar-refractivity contribution in [2.45, 2.75) is 6.92 Å². The Hall–Kier alpha value is -1.55. The molecule has 2 N–H and O–H groups in total. The van der Waals surface area contributed by atoms with E-state index in [0.29, 0.717) is 5.69 Å². The number of hydrogen-bond acceptors (Lipinski definition) is 3. The number of anilines is 1. The van der Waals surface area contributed by atoms with E-state index in [1.807, 2.05) is 4.90 Å². The Morgan fingerprint density at radius 3 is 2.29 bits per heavy atom. The maximum atomic E-state index is 12.2. The number of carbonyl (C=O) groups is 1. The number of piperazine rings is 1. The van der Waals surface area contributed by atoms with Gasteiger partial charge in [-0.05, 0) is 30.8 Å². The van der Waals surface area contributed by atoms with Crippen LogP contribution in [0.4, 0.5) is 5.69 Å². The van der Waals surface area contributed by atoms with Crippen LogP contribution in [0.2, 0.25) is 0 Å². The van der Waals surface area contributed by atoms with Gasteiger partial charge in [-0.15, -0.1) is 0 Å². The van der Waals surface area contributed by atoms with Crippen molar-refractivity contribution in [1.29, 1.82) is 0 Å². The highest BCUT2D eigenvalue weighted by Crippen LogP contribution is 2.10. The highest BCUT2D eigenvalue weighted by atomic mass is 16.2. The molecule has 1 heterocycles. The number of nitrogens with zero attached hydrogens (tertiary/aromatic N) is 2. The Bertz CT molecular complexity index is 380. The second-order valence-corrected chi connectivity index (χ2v) is 4.35. The van der Waals surface area contributed by atoms with Gasteiger partial charge < -0.3 is 15.5 Å². The summed E-state index contributed by atoms with van der Waals surface area (Å²) in [6, 6.07) is 7.14. The summed E-state index contributed by atoms with van der Waals surface area (Å²) in [6.45, 7) is 6.78. The fourth-order valence-electron chi connectivity index (χ4n) is 2.08. The first-order valence-corrected chi connectivity index (χ1v) is 6.08. The predicted octanol–water partition coefficient (Wildman–Crippen LogP) is 1.05. The Kier molecular flexibility index (Phi) is 3.64. The minimum absolute atomic E-state index is 0.112. The van der Waals surface area contributed by atoms with E-state index in [0.717, 1.165) is 38.3 Å². The summed E-state index contributed by atoms with van der Waals surface area (Å²) in [4.78, 5) is 16.4. The standard InChI is InChI=1S/C13H19N3O/c1-2-15-7-9-16(10-8-15)13(17)11-3-5-12(14)6-4-11/h3-6H,2,7-10,14H2,1H3. The van der Waals surface area contributed by atoms with Gasteiger partial charge >= 0.3 is 0 Å². The van der Waals surface area contributed by atoms with Crippen molar-refractivity contribution in [3.05, 3.63) is 29.8 Å². The number of carbonyl (C=O) groups excluding carboxylic acids is 1. The van der Waals surface area contributed by atoms with E-state index in [1.165, 1.54) is 0 Å². The first-order chi connectivity index (χ1) is 8.20.